The Balaban J connectivity index is 2.97. The molecule has 0 aliphatic carbocycles. The molecule has 0 amide bonds. The van der Waals surface area contributed by atoms with Crippen LogP contribution in [0.15, 0.2) is 0 Å². The summed E-state index contributed by atoms with van der Waals surface area (Å²) in [6.07, 6.45) is 2.52. The van der Waals surface area contributed by atoms with E-state index in [0.29, 0.717) is 6.61 Å². The van der Waals surface area contributed by atoms with Gasteiger partial charge in [-0.3, -0.25) is 0 Å². The highest BCUT2D eigenvalue weighted by Crippen LogP contribution is 1.94. The van der Waals surface area contributed by atoms with Crippen molar-refractivity contribution in [3.63, 3.8) is 0 Å². The molecule has 0 aromatic rings. The van der Waals surface area contributed by atoms with Crippen molar-refractivity contribution in [1.29, 1.82) is 0 Å². The summed E-state index contributed by atoms with van der Waals surface area (Å²) in [4.78, 5) is 0. The monoisotopic (exact) mass is 175 g/mol. The van der Waals surface area contributed by atoms with Gasteiger partial charge < -0.3 is 14.8 Å². The molecule has 12 heavy (non-hydrogen) atoms. The van der Waals surface area contributed by atoms with Gasteiger partial charge in [-0.2, -0.15) is 0 Å². The molecule has 1 unspecified atom stereocenters. The van der Waals surface area contributed by atoms with Crippen LogP contribution in [-0.2, 0) is 9.47 Å². The van der Waals surface area contributed by atoms with Gasteiger partial charge in [0.25, 0.3) is 0 Å². The highest BCUT2D eigenvalue weighted by atomic mass is 16.5. The molecule has 0 aliphatic rings. The molecule has 1 atom stereocenters. The molecule has 3 heteroatoms. The predicted octanol–water partition coefficient (Wildman–Crippen LogP) is 1.04. The Morgan fingerprint density at radius 2 is 2.08 bits per heavy atom. The summed E-state index contributed by atoms with van der Waals surface area (Å²) in [5, 5.41) is 3.10. The second-order valence-corrected chi connectivity index (χ2v) is 2.95. The normalized spacial score (nSPS) is 13.2. The number of hydrogen-bond acceptors (Lipinski definition) is 3. The van der Waals surface area contributed by atoms with E-state index in [1.807, 2.05) is 14.0 Å². The van der Waals surface area contributed by atoms with Crippen molar-refractivity contribution in [1.82, 2.24) is 5.32 Å². The van der Waals surface area contributed by atoms with Gasteiger partial charge in [-0.05, 0) is 33.4 Å². The summed E-state index contributed by atoms with van der Waals surface area (Å²) in [6.45, 7) is 4.63. The molecule has 0 saturated heterocycles. The van der Waals surface area contributed by atoms with Gasteiger partial charge >= 0.3 is 0 Å². The molecule has 0 heterocycles. The van der Waals surface area contributed by atoms with Crippen molar-refractivity contribution in [2.24, 2.45) is 0 Å². The average Bonchev–Trinajstić information content (AvgIpc) is 2.05. The van der Waals surface area contributed by atoms with Gasteiger partial charge in [0.1, 0.15) is 0 Å². The van der Waals surface area contributed by atoms with Crippen molar-refractivity contribution in [3.05, 3.63) is 0 Å². The van der Waals surface area contributed by atoms with Crippen LogP contribution < -0.4 is 5.32 Å². The van der Waals surface area contributed by atoms with Gasteiger partial charge in [-0.15, -0.1) is 0 Å². The summed E-state index contributed by atoms with van der Waals surface area (Å²) in [7, 11) is 3.66. The molecule has 1 N–H and O–H groups in total. The van der Waals surface area contributed by atoms with Gasteiger partial charge in [-0.1, -0.05) is 0 Å². The second-order valence-electron chi connectivity index (χ2n) is 2.95. The maximum Gasteiger partial charge on any atom is 0.0780 e. The molecule has 0 saturated carbocycles. The molecule has 74 valence electrons. The summed E-state index contributed by atoms with van der Waals surface area (Å²) >= 11 is 0. The molecule has 3 nitrogen and oxygen atoms in total. The molecule has 0 radical (unpaired) electrons. The molecule has 0 spiro atoms. The maximum absolute atomic E-state index is 5.48. The highest BCUT2D eigenvalue weighted by Gasteiger charge is 1.99. The van der Waals surface area contributed by atoms with Crippen molar-refractivity contribution >= 4 is 0 Å². The smallest absolute Gasteiger partial charge is 0.0780 e. The lowest BCUT2D eigenvalue weighted by atomic mass is 10.3. The summed E-state index contributed by atoms with van der Waals surface area (Å²) < 4.78 is 10.4. The molecule has 0 fully saturated rings. The summed E-state index contributed by atoms with van der Waals surface area (Å²) in [5.41, 5.74) is 0. The Hall–Kier alpha value is -0.120. The first-order valence-electron chi connectivity index (χ1n) is 4.56. The fraction of sp³-hybridized carbons (Fsp3) is 1.00. The third-order valence-electron chi connectivity index (χ3n) is 1.62. The predicted molar refractivity (Wildman–Crippen MR) is 50.5 cm³/mol. The molecule has 0 bridgehead atoms. The minimum absolute atomic E-state index is 0.226. The first-order chi connectivity index (χ1) is 5.81. The topological polar surface area (TPSA) is 30.5 Å². The highest BCUT2D eigenvalue weighted by molar-refractivity contribution is 4.47. The first-order valence-corrected chi connectivity index (χ1v) is 4.56. The van der Waals surface area contributed by atoms with Crippen LogP contribution in [-0.4, -0.2) is 40.0 Å². The van der Waals surface area contributed by atoms with E-state index >= 15 is 0 Å². The minimum Gasteiger partial charge on any atom is -0.382 e. The Morgan fingerprint density at radius 1 is 1.33 bits per heavy atom. The van der Waals surface area contributed by atoms with Crippen LogP contribution in [0.25, 0.3) is 0 Å². The molecule has 0 aliphatic heterocycles. The summed E-state index contributed by atoms with van der Waals surface area (Å²) in [5.74, 6) is 0. The SMILES string of the molecule is CNCCCCOC(C)COC. The zero-order valence-corrected chi connectivity index (χ0v) is 8.43. The third-order valence-corrected chi connectivity index (χ3v) is 1.62. The van der Waals surface area contributed by atoms with Crippen molar-refractivity contribution < 1.29 is 9.47 Å². The average molecular weight is 175 g/mol. The Bertz CT molecular complexity index is 88.6. The van der Waals surface area contributed by atoms with Gasteiger partial charge in [0.2, 0.25) is 0 Å². The minimum atomic E-state index is 0.226. The third kappa shape index (κ3) is 7.98. The Morgan fingerprint density at radius 3 is 2.67 bits per heavy atom. The number of methoxy groups -OCH3 is 1. The lowest BCUT2D eigenvalue weighted by Crippen LogP contribution is -2.16. The van der Waals surface area contributed by atoms with E-state index in [9.17, 15) is 0 Å². The largest absolute Gasteiger partial charge is 0.382 e. The van der Waals surface area contributed by atoms with Crippen molar-refractivity contribution in [2.45, 2.75) is 25.9 Å². The van der Waals surface area contributed by atoms with Crippen LogP contribution >= 0.6 is 0 Å². The second kappa shape index (κ2) is 8.97. The first kappa shape index (κ1) is 11.9. The van der Waals surface area contributed by atoms with Gasteiger partial charge in [-0.25, -0.2) is 0 Å². The van der Waals surface area contributed by atoms with Crippen LogP contribution in [0.5, 0.6) is 0 Å². The van der Waals surface area contributed by atoms with E-state index in [-0.39, 0.29) is 6.10 Å². The number of unbranched alkanes of at least 4 members (excludes halogenated alkanes) is 1. The zero-order chi connectivity index (χ0) is 9.23. The number of hydrogen-bond donors (Lipinski definition) is 1. The van der Waals surface area contributed by atoms with Gasteiger partial charge in [0, 0.05) is 13.7 Å². The molecular weight excluding hydrogens is 154 g/mol. The quantitative estimate of drug-likeness (QED) is 0.559. The number of nitrogens with one attached hydrogen (secondary N) is 1. The van der Waals surface area contributed by atoms with Crippen molar-refractivity contribution in [2.75, 3.05) is 33.9 Å². The Kier molecular flexibility index (Phi) is 8.88. The van der Waals surface area contributed by atoms with Crippen LogP contribution in [0.2, 0.25) is 0 Å². The van der Waals surface area contributed by atoms with Crippen LogP contribution in [0.4, 0.5) is 0 Å². The van der Waals surface area contributed by atoms with Crippen LogP contribution in [0.3, 0.4) is 0 Å². The van der Waals surface area contributed by atoms with E-state index in [4.69, 9.17) is 9.47 Å². The van der Waals surface area contributed by atoms with Crippen molar-refractivity contribution in [3.8, 4) is 0 Å². The van der Waals surface area contributed by atoms with Gasteiger partial charge in [0.15, 0.2) is 0 Å². The van der Waals surface area contributed by atoms with Crippen LogP contribution in [0, 0.1) is 0 Å². The lowest BCUT2D eigenvalue weighted by molar-refractivity contribution is 0.00785. The van der Waals surface area contributed by atoms with E-state index in [1.165, 1.54) is 6.42 Å². The lowest BCUT2D eigenvalue weighted by Gasteiger charge is -2.11. The Labute approximate surface area is 75.4 Å². The summed E-state index contributed by atoms with van der Waals surface area (Å²) in [6, 6.07) is 0. The van der Waals surface area contributed by atoms with Crippen LogP contribution in [0.1, 0.15) is 19.8 Å². The number of rotatable bonds is 8. The molecule has 0 aromatic heterocycles. The van der Waals surface area contributed by atoms with E-state index in [1.54, 1.807) is 7.11 Å². The van der Waals surface area contributed by atoms with Gasteiger partial charge in [0.05, 0.1) is 12.7 Å². The number of ether oxygens (including phenoxy) is 2. The van der Waals surface area contributed by atoms with E-state index in [0.717, 1.165) is 19.6 Å². The zero-order valence-electron chi connectivity index (χ0n) is 8.43. The van der Waals surface area contributed by atoms with E-state index in [2.05, 4.69) is 5.32 Å². The fourth-order valence-corrected chi connectivity index (χ4v) is 0.971. The van der Waals surface area contributed by atoms with E-state index < -0.39 is 0 Å². The molecular formula is C9H21NO2. The standard InChI is InChI=1S/C9H21NO2/c1-9(8-11-3)12-7-5-4-6-10-2/h9-10H,4-8H2,1-3H3. The molecule has 0 rings (SSSR count). The maximum atomic E-state index is 5.48. The fourth-order valence-electron chi connectivity index (χ4n) is 0.971. The molecule has 0 aromatic carbocycles.